The number of nitrogens with one attached hydrogen (secondary N) is 1. The lowest BCUT2D eigenvalue weighted by Gasteiger charge is -2.47. The zero-order chi connectivity index (χ0) is 16.8. The molecule has 23 heavy (non-hydrogen) atoms. The van der Waals surface area contributed by atoms with Gasteiger partial charge in [0, 0.05) is 22.7 Å². The molecule has 0 amide bonds. The normalized spacial score (nSPS) is 36.3. The summed E-state index contributed by atoms with van der Waals surface area (Å²) in [5.74, 6) is 0. The van der Waals surface area contributed by atoms with E-state index in [4.69, 9.17) is 20.2 Å². The van der Waals surface area contributed by atoms with Crippen molar-refractivity contribution >= 4 is 38.8 Å². The molecular weight excluding hydrogens is 394 g/mol. The van der Waals surface area contributed by atoms with Crippen LogP contribution in [-0.2, 0) is 14.2 Å². The summed E-state index contributed by atoms with van der Waals surface area (Å²) in [7, 11) is 0. The number of aliphatic hydroxyl groups is 4. The van der Waals surface area contributed by atoms with Crippen LogP contribution in [0.5, 0.6) is 0 Å². The molecule has 3 rings (SSSR count). The van der Waals surface area contributed by atoms with Gasteiger partial charge in [0.05, 0.1) is 0 Å². The summed E-state index contributed by atoms with van der Waals surface area (Å²) in [4.78, 5) is 2.96. The van der Waals surface area contributed by atoms with E-state index in [1.165, 1.54) is 6.20 Å². The summed E-state index contributed by atoms with van der Waals surface area (Å²) in [6.45, 7) is 0. The van der Waals surface area contributed by atoms with Gasteiger partial charge in [-0.2, -0.15) is 0 Å². The number of hydrogen-bond donors (Lipinski definition) is 5. The molecule has 2 heterocycles. The third kappa shape index (κ3) is 2.59. The summed E-state index contributed by atoms with van der Waals surface area (Å²) in [5.41, 5.74) is -2.83. The van der Waals surface area contributed by atoms with Crippen LogP contribution < -0.4 is 0 Å². The smallest absolute Gasteiger partial charge is 0.200 e. The SMILES string of the molecule is OC(Cl)[C@H]1O[C@H](OBr)[C@H](O)[C@](O)(c2c[nH]c3ccccc23)[C@H]1O. The third-order valence-electron chi connectivity index (χ3n) is 4.14. The van der Waals surface area contributed by atoms with Gasteiger partial charge in [0.15, 0.2) is 17.5 Å². The van der Waals surface area contributed by atoms with E-state index in [9.17, 15) is 20.4 Å². The Morgan fingerprint density at radius 2 is 2.00 bits per heavy atom. The number of halogens is 2. The predicted octanol–water partition coefficient (Wildman–Crippen LogP) is 0.686. The van der Waals surface area contributed by atoms with Crippen molar-refractivity contribution in [2.24, 2.45) is 0 Å². The third-order valence-corrected chi connectivity index (χ3v) is 4.76. The maximum absolute atomic E-state index is 11.1. The first-order valence-corrected chi connectivity index (χ1v) is 7.89. The number of H-pyrrole nitrogens is 1. The highest BCUT2D eigenvalue weighted by molar-refractivity contribution is 9.06. The summed E-state index contributed by atoms with van der Waals surface area (Å²) in [5, 5.41) is 42.3. The molecule has 0 radical (unpaired) electrons. The summed E-state index contributed by atoms with van der Waals surface area (Å²) in [6.07, 6.45) is -4.58. The zero-order valence-corrected chi connectivity index (χ0v) is 14.0. The molecule has 0 spiro atoms. The summed E-state index contributed by atoms with van der Waals surface area (Å²) >= 11 is 8.33. The number of aliphatic hydroxyl groups excluding tert-OH is 3. The summed E-state index contributed by atoms with van der Waals surface area (Å²) in [6, 6.07) is 7.07. The minimum Gasteiger partial charge on any atom is -0.387 e. The molecule has 1 aliphatic heterocycles. The van der Waals surface area contributed by atoms with Crippen molar-refractivity contribution < 1.29 is 29.0 Å². The molecule has 1 aliphatic rings. The van der Waals surface area contributed by atoms with Crippen LogP contribution >= 0.6 is 27.9 Å². The number of benzene rings is 1. The Hall–Kier alpha value is -0.710. The van der Waals surface area contributed by atoms with E-state index in [0.29, 0.717) is 10.9 Å². The lowest BCUT2D eigenvalue weighted by molar-refractivity contribution is -0.317. The average molecular weight is 409 g/mol. The zero-order valence-electron chi connectivity index (χ0n) is 11.6. The molecule has 1 unspecified atom stereocenters. The maximum atomic E-state index is 11.1. The Bertz CT molecular complexity index is 697. The minimum atomic E-state index is -2.17. The lowest BCUT2D eigenvalue weighted by atomic mass is 9.78. The number of rotatable bonds is 3. The van der Waals surface area contributed by atoms with Crippen molar-refractivity contribution in [1.82, 2.24) is 4.98 Å². The Morgan fingerprint density at radius 3 is 2.65 bits per heavy atom. The number of fused-ring (bicyclic) bond motifs is 1. The molecule has 5 N–H and O–H groups in total. The van der Waals surface area contributed by atoms with Gasteiger partial charge in [0.25, 0.3) is 0 Å². The van der Waals surface area contributed by atoms with E-state index < -0.39 is 35.8 Å². The largest absolute Gasteiger partial charge is 0.387 e. The molecule has 0 saturated carbocycles. The van der Waals surface area contributed by atoms with E-state index in [1.807, 2.05) is 0 Å². The van der Waals surface area contributed by atoms with Crippen molar-refractivity contribution in [3.63, 3.8) is 0 Å². The second-order valence-corrected chi connectivity index (χ2v) is 6.21. The van der Waals surface area contributed by atoms with Gasteiger partial charge in [-0.15, -0.1) is 0 Å². The number of ether oxygens (including phenoxy) is 1. The van der Waals surface area contributed by atoms with Crippen LogP contribution in [0.1, 0.15) is 5.56 Å². The fourth-order valence-corrected chi connectivity index (χ4v) is 3.43. The fourth-order valence-electron chi connectivity index (χ4n) is 2.94. The van der Waals surface area contributed by atoms with Crippen LogP contribution in [-0.4, -0.2) is 55.6 Å². The van der Waals surface area contributed by atoms with Gasteiger partial charge >= 0.3 is 0 Å². The average Bonchev–Trinajstić information content (AvgIpc) is 2.97. The van der Waals surface area contributed by atoms with Gasteiger partial charge in [-0.05, 0) is 6.07 Å². The van der Waals surface area contributed by atoms with E-state index in [-0.39, 0.29) is 5.56 Å². The lowest BCUT2D eigenvalue weighted by Crippen LogP contribution is -2.66. The number of alkyl halides is 1. The number of hydrogen-bond acceptors (Lipinski definition) is 6. The standard InChI is InChI=1S/C14H15BrClNO6/c15-23-13-11(19)14(21,10(18)9(22-13)12(16)20)7-5-17-8-4-2-1-3-6(7)8/h1-5,9-13,17-21H/t9-,10-,11-,12?,13+,14-/m0/s1. The quantitative estimate of drug-likeness (QED) is 0.477. The molecule has 9 heteroatoms. The molecule has 1 saturated heterocycles. The van der Waals surface area contributed by atoms with E-state index >= 15 is 0 Å². The van der Waals surface area contributed by atoms with Crippen LogP contribution in [0.3, 0.4) is 0 Å². The number of aromatic nitrogens is 1. The fraction of sp³-hybridized carbons (Fsp3) is 0.429. The highest BCUT2D eigenvalue weighted by atomic mass is 79.9. The topological polar surface area (TPSA) is 115 Å². The van der Waals surface area contributed by atoms with Gasteiger partial charge in [-0.3, -0.25) is 3.83 Å². The molecule has 1 fully saturated rings. The summed E-state index contributed by atoms with van der Waals surface area (Å²) < 4.78 is 10.0. The molecule has 6 atom stereocenters. The molecule has 126 valence electrons. The van der Waals surface area contributed by atoms with Crippen LogP contribution in [0.4, 0.5) is 0 Å². The Kier molecular flexibility index (Phi) is 4.69. The Labute approximate surface area is 144 Å². The van der Waals surface area contributed by atoms with Crippen molar-refractivity contribution in [2.75, 3.05) is 0 Å². The van der Waals surface area contributed by atoms with Crippen LogP contribution in [0.25, 0.3) is 10.9 Å². The van der Waals surface area contributed by atoms with Crippen LogP contribution in [0, 0.1) is 0 Å². The second-order valence-electron chi connectivity index (χ2n) is 5.39. The van der Waals surface area contributed by atoms with Crippen molar-refractivity contribution in [2.45, 2.75) is 35.8 Å². The van der Waals surface area contributed by atoms with Gasteiger partial charge < -0.3 is 30.1 Å². The monoisotopic (exact) mass is 407 g/mol. The molecule has 1 aromatic carbocycles. The first-order valence-electron chi connectivity index (χ1n) is 6.81. The van der Waals surface area contributed by atoms with E-state index in [1.54, 1.807) is 24.3 Å². The molecule has 0 bridgehead atoms. The molecular formula is C14H15BrClNO6. The molecule has 2 aromatic rings. The van der Waals surface area contributed by atoms with Crippen LogP contribution in [0.2, 0.25) is 0 Å². The first kappa shape index (κ1) is 17.1. The van der Waals surface area contributed by atoms with Crippen molar-refractivity contribution in [1.29, 1.82) is 0 Å². The van der Waals surface area contributed by atoms with Gasteiger partial charge in [0.2, 0.25) is 0 Å². The number of para-hydroxylation sites is 1. The van der Waals surface area contributed by atoms with E-state index in [2.05, 4.69) is 21.2 Å². The van der Waals surface area contributed by atoms with Crippen molar-refractivity contribution in [3.05, 3.63) is 36.0 Å². The maximum Gasteiger partial charge on any atom is 0.200 e. The second kappa shape index (κ2) is 6.30. The van der Waals surface area contributed by atoms with Gasteiger partial charge in [0.1, 0.15) is 34.6 Å². The Balaban J connectivity index is 2.15. The molecule has 1 aromatic heterocycles. The predicted molar refractivity (Wildman–Crippen MR) is 84.7 cm³/mol. The van der Waals surface area contributed by atoms with E-state index in [0.717, 1.165) is 0 Å². The first-order chi connectivity index (χ1) is 10.9. The Morgan fingerprint density at radius 1 is 1.30 bits per heavy atom. The van der Waals surface area contributed by atoms with Gasteiger partial charge in [-0.25, -0.2) is 0 Å². The molecule has 7 nitrogen and oxygen atoms in total. The highest BCUT2D eigenvalue weighted by Gasteiger charge is 2.58. The van der Waals surface area contributed by atoms with Gasteiger partial charge in [-0.1, -0.05) is 29.8 Å². The minimum absolute atomic E-state index is 0.244. The molecule has 0 aliphatic carbocycles. The van der Waals surface area contributed by atoms with Crippen LogP contribution in [0.15, 0.2) is 30.5 Å². The van der Waals surface area contributed by atoms with Crippen molar-refractivity contribution in [3.8, 4) is 0 Å². The highest BCUT2D eigenvalue weighted by Crippen LogP contribution is 2.42. The number of aromatic amines is 1.